The van der Waals surface area contributed by atoms with E-state index in [9.17, 15) is 0 Å². The van der Waals surface area contributed by atoms with Crippen molar-refractivity contribution in [2.45, 2.75) is 6.04 Å². The highest BCUT2D eigenvalue weighted by molar-refractivity contribution is 5.44. The SMILES string of the molecule is c1cc2c(cc1C1CNCCN1)OCCO2. The van der Waals surface area contributed by atoms with E-state index in [1.54, 1.807) is 0 Å². The fraction of sp³-hybridized carbons (Fsp3) is 0.500. The molecule has 0 amide bonds. The van der Waals surface area contributed by atoms with Crippen molar-refractivity contribution in [3.63, 3.8) is 0 Å². The zero-order valence-electron chi connectivity index (χ0n) is 9.16. The molecule has 3 rings (SSSR count). The molecule has 0 aliphatic carbocycles. The van der Waals surface area contributed by atoms with Crippen LogP contribution in [0.4, 0.5) is 0 Å². The van der Waals surface area contributed by atoms with Gasteiger partial charge in [-0.15, -0.1) is 0 Å². The van der Waals surface area contributed by atoms with Gasteiger partial charge in [0.2, 0.25) is 0 Å². The summed E-state index contributed by atoms with van der Waals surface area (Å²) in [5, 5.41) is 6.86. The Hall–Kier alpha value is -1.26. The molecule has 16 heavy (non-hydrogen) atoms. The largest absolute Gasteiger partial charge is 0.486 e. The van der Waals surface area contributed by atoms with Crippen LogP contribution in [0.1, 0.15) is 11.6 Å². The maximum absolute atomic E-state index is 5.58. The average molecular weight is 220 g/mol. The van der Waals surface area contributed by atoms with E-state index < -0.39 is 0 Å². The summed E-state index contributed by atoms with van der Waals surface area (Å²) in [7, 11) is 0. The molecule has 1 unspecified atom stereocenters. The van der Waals surface area contributed by atoms with Crippen LogP contribution in [-0.4, -0.2) is 32.8 Å². The molecule has 1 fully saturated rings. The standard InChI is InChI=1S/C12H16N2O2/c1-2-11-12(16-6-5-15-11)7-9(1)10-8-13-3-4-14-10/h1-2,7,10,13-14H,3-6,8H2. The van der Waals surface area contributed by atoms with Gasteiger partial charge in [-0.25, -0.2) is 0 Å². The Kier molecular flexibility index (Phi) is 2.68. The van der Waals surface area contributed by atoms with Crippen LogP contribution < -0.4 is 20.1 Å². The van der Waals surface area contributed by atoms with Crippen molar-refractivity contribution < 1.29 is 9.47 Å². The van der Waals surface area contributed by atoms with E-state index in [4.69, 9.17) is 9.47 Å². The van der Waals surface area contributed by atoms with Gasteiger partial charge < -0.3 is 20.1 Å². The van der Waals surface area contributed by atoms with Crippen molar-refractivity contribution >= 4 is 0 Å². The van der Waals surface area contributed by atoms with Crippen LogP contribution >= 0.6 is 0 Å². The smallest absolute Gasteiger partial charge is 0.161 e. The minimum atomic E-state index is 0.379. The lowest BCUT2D eigenvalue weighted by atomic mass is 10.0. The first-order chi connectivity index (χ1) is 7.93. The van der Waals surface area contributed by atoms with Crippen molar-refractivity contribution in [2.24, 2.45) is 0 Å². The molecule has 4 heteroatoms. The second kappa shape index (κ2) is 4.31. The number of ether oxygens (including phenoxy) is 2. The Morgan fingerprint density at radius 1 is 1.06 bits per heavy atom. The van der Waals surface area contributed by atoms with E-state index in [0.717, 1.165) is 31.1 Å². The lowest BCUT2D eigenvalue weighted by molar-refractivity contribution is 0.171. The molecular formula is C12H16N2O2. The van der Waals surface area contributed by atoms with Crippen molar-refractivity contribution in [2.75, 3.05) is 32.8 Å². The molecule has 1 aromatic rings. The molecule has 2 aliphatic rings. The van der Waals surface area contributed by atoms with Gasteiger partial charge in [0.15, 0.2) is 11.5 Å². The molecular weight excluding hydrogens is 204 g/mol. The van der Waals surface area contributed by atoms with Crippen LogP contribution in [-0.2, 0) is 0 Å². The Balaban J connectivity index is 1.84. The summed E-state index contributed by atoms with van der Waals surface area (Å²) >= 11 is 0. The van der Waals surface area contributed by atoms with Gasteiger partial charge in [-0.2, -0.15) is 0 Å². The zero-order chi connectivity index (χ0) is 10.8. The predicted octanol–water partition coefficient (Wildman–Crippen LogP) is 0.692. The molecule has 2 N–H and O–H groups in total. The molecule has 1 atom stereocenters. The second-order valence-electron chi connectivity index (χ2n) is 4.11. The van der Waals surface area contributed by atoms with Gasteiger partial charge in [-0.3, -0.25) is 0 Å². The van der Waals surface area contributed by atoms with Crippen LogP contribution in [0.15, 0.2) is 18.2 Å². The lowest BCUT2D eigenvalue weighted by Gasteiger charge is -2.26. The van der Waals surface area contributed by atoms with E-state index in [2.05, 4.69) is 22.8 Å². The van der Waals surface area contributed by atoms with Crippen molar-refractivity contribution in [1.29, 1.82) is 0 Å². The Morgan fingerprint density at radius 2 is 1.94 bits per heavy atom. The Morgan fingerprint density at radius 3 is 2.75 bits per heavy atom. The number of benzene rings is 1. The first-order valence-electron chi connectivity index (χ1n) is 5.77. The van der Waals surface area contributed by atoms with Gasteiger partial charge in [0, 0.05) is 25.7 Å². The summed E-state index contributed by atoms with van der Waals surface area (Å²) in [5.74, 6) is 1.73. The third-order valence-electron chi connectivity index (χ3n) is 3.01. The molecule has 86 valence electrons. The summed E-state index contributed by atoms with van der Waals surface area (Å²) in [5.41, 5.74) is 1.26. The quantitative estimate of drug-likeness (QED) is 0.731. The fourth-order valence-corrected chi connectivity index (χ4v) is 2.17. The number of rotatable bonds is 1. The number of hydrogen-bond donors (Lipinski definition) is 2. The summed E-state index contributed by atoms with van der Waals surface area (Å²) in [6.45, 7) is 4.32. The second-order valence-corrected chi connectivity index (χ2v) is 4.11. The number of fused-ring (bicyclic) bond motifs is 1. The highest BCUT2D eigenvalue weighted by atomic mass is 16.6. The Labute approximate surface area is 94.9 Å². The lowest BCUT2D eigenvalue weighted by Crippen LogP contribution is -2.42. The molecule has 1 saturated heterocycles. The first-order valence-corrected chi connectivity index (χ1v) is 5.77. The molecule has 2 aliphatic heterocycles. The highest BCUT2D eigenvalue weighted by Gasteiger charge is 2.18. The number of nitrogens with one attached hydrogen (secondary N) is 2. The maximum atomic E-state index is 5.58. The van der Waals surface area contributed by atoms with Crippen LogP contribution in [0.3, 0.4) is 0 Å². The molecule has 1 aromatic carbocycles. The van der Waals surface area contributed by atoms with Gasteiger partial charge >= 0.3 is 0 Å². The van der Waals surface area contributed by atoms with Crippen LogP contribution in [0.25, 0.3) is 0 Å². The molecule has 2 heterocycles. The Bertz CT molecular complexity index is 375. The molecule has 4 nitrogen and oxygen atoms in total. The maximum Gasteiger partial charge on any atom is 0.161 e. The first kappa shape index (κ1) is 9.93. The normalized spacial score (nSPS) is 24.1. The zero-order valence-corrected chi connectivity index (χ0v) is 9.16. The van der Waals surface area contributed by atoms with Crippen LogP contribution in [0.5, 0.6) is 11.5 Å². The molecule has 0 radical (unpaired) electrons. The van der Waals surface area contributed by atoms with Gasteiger partial charge in [0.25, 0.3) is 0 Å². The van der Waals surface area contributed by atoms with Gasteiger partial charge in [0.05, 0.1) is 0 Å². The average Bonchev–Trinajstić information content (AvgIpc) is 2.39. The summed E-state index contributed by atoms with van der Waals surface area (Å²) in [6, 6.07) is 6.57. The molecule has 0 bridgehead atoms. The number of hydrogen-bond acceptors (Lipinski definition) is 4. The molecule has 0 aromatic heterocycles. The van der Waals surface area contributed by atoms with E-state index in [-0.39, 0.29) is 0 Å². The fourth-order valence-electron chi connectivity index (χ4n) is 2.17. The van der Waals surface area contributed by atoms with E-state index in [0.29, 0.717) is 19.3 Å². The molecule has 0 spiro atoms. The monoisotopic (exact) mass is 220 g/mol. The minimum Gasteiger partial charge on any atom is -0.486 e. The van der Waals surface area contributed by atoms with Crippen molar-refractivity contribution in [3.05, 3.63) is 23.8 Å². The molecule has 0 saturated carbocycles. The van der Waals surface area contributed by atoms with E-state index in [1.807, 2.05) is 6.07 Å². The van der Waals surface area contributed by atoms with Crippen molar-refractivity contribution in [3.8, 4) is 11.5 Å². The van der Waals surface area contributed by atoms with E-state index >= 15 is 0 Å². The summed E-state index contributed by atoms with van der Waals surface area (Å²) < 4.78 is 11.1. The third kappa shape index (κ3) is 1.86. The van der Waals surface area contributed by atoms with Crippen LogP contribution in [0.2, 0.25) is 0 Å². The minimum absolute atomic E-state index is 0.379. The predicted molar refractivity (Wildman–Crippen MR) is 61.0 cm³/mol. The van der Waals surface area contributed by atoms with Crippen molar-refractivity contribution in [1.82, 2.24) is 10.6 Å². The highest BCUT2D eigenvalue weighted by Crippen LogP contribution is 2.32. The summed E-state index contributed by atoms with van der Waals surface area (Å²) in [6.07, 6.45) is 0. The van der Waals surface area contributed by atoms with Gasteiger partial charge in [-0.05, 0) is 17.7 Å². The number of piperazine rings is 1. The van der Waals surface area contributed by atoms with Crippen LogP contribution in [0, 0.1) is 0 Å². The summed E-state index contributed by atoms with van der Waals surface area (Å²) in [4.78, 5) is 0. The topological polar surface area (TPSA) is 42.5 Å². The van der Waals surface area contributed by atoms with Gasteiger partial charge in [0.1, 0.15) is 13.2 Å². The van der Waals surface area contributed by atoms with Gasteiger partial charge in [-0.1, -0.05) is 6.07 Å². The van der Waals surface area contributed by atoms with E-state index in [1.165, 1.54) is 5.56 Å². The third-order valence-corrected chi connectivity index (χ3v) is 3.01.